The first-order valence-electron chi connectivity index (χ1n) is 10.9. The Morgan fingerprint density at radius 1 is 0.375 bits per heavy atom. The van der Waals surface area contributed by atoms with E-state index in [-0.39, 0.29) is 0 Å². The Morgan fingerprint density at radius 2 is 0.750 bits per heavy atom. The zero-order chi connectivity index (χ0) is 21.9. The van der Waals surface area contributed by atoms with Gasteiger partial charge in [0.2, 0.25) is 0 Å². The van der Waals surface area contributed by atoms with E-state index in [2.05, 4.69) is 110 Å². The molecule has 5 aromatic rings. The molecule has 0 heterocycles. The van der Waals surface area contributed by atoms with Gasteiger partial charge in [-0.05, 0) is 75.7 Å². The van der Waals surface area contributed by atoms with Crippen molar-refractivity contribution in [3.8, 4) is 44.5 Å². The van der Waals surface area contributed by atoms with Crippen LogP contribution in [0.5, 0.6) is 0 Å². The average molecular weight is 412 g/mol. The lowest BCUT2D eigenvalue weighted by Crippen LogP contribution is -1.86. The molecule has 154 valence electrons. The molecule has 1 nitrogen and oxygen atoms in total. The third kappa shape index (κ3) is 4.19. The maximum atomic E-state index is 5.97. The van der Waals surface area contributed by atoms with Crippen molar-refractivity contribution in [2.75, 3.05) is 5.73 Å². The van der Waals surface area contributed by atoms with Crippen LogP contribution in [-0.4, -0.2) is 0 Å². The van der Waals surface area contributed by atoms with Crippen LogP contribution in [0.25, 0.3) is 44.5 Å². The molecule has 0 atom stereocenters. The van der Waals surface area contributed by atoms with Crippen LogP contribution >= 0.6 is 0 Å². The van der Waals surface area contributed by atoms with Crippen molar-refractivity contribution in [3.63, 3.8) is 0 Å². The molecule has 0 saturated heterocycles. The fourth-order valence-electron chi connectivity index (χ4n) is 4.15. The summed E-state index contributed by atoms with van der Waals surface area (Å²) in [4.78, 5) is 0. The number of nitrogen functional groups attached to an aromatic ring is 1. The van der Waals surface area contributed by atoms with E-state index in [1.54, 1.807) is 0 Å². The third-order valence-electron chi connectivity index (χ3n) is 5.85. The van der Waals surface area contributed by atoms with Crippen LogP contribution in [0.4, 0.5) is 5.69 Å². The molecule has 32 heavy (non-hydrogen) atoms. The predicted molar refractivity (Wildman–Crippen MR) is 137 cm³/mol. The van der Waals surface area contributed by atoms with Crippen molar-refractivity contribution < 1.29 is 0 Å². The monoisotopic (exact) mass is 411 g/mol. The molecule has 2 N–H and O–H groups in total. The van der Waals surface area contributed by atoms with Gasteiger partial charge >= 0.3 is 0 Å². The highest BCUT2D eigenvalue weighted by Crippen LogP contribution is 2.31. The summed E-state index contributed by atoms with van der Waals surface area (Å²) in [5.74, 6) is 0. The van der Waals surface area contributed by atoms with Gasteiger partial charge in [0.1, 0.15) is 0 Å². The molecule has 0 aliphatic rings. The predicted octanol–water partition coefficient (Wildman–Crippen LogP) is 8.25. The van der Waals surface area contributed by atoms with Gasteiger partial charge in [-0.3, -0.25) is 0 Å². The number of aryl methyl sites for hydroxylation is 1. The van der Waals surface area contributed by atoms with Gasteiger partial charge in [-0.1, -0.05) is 103 Å². The van der Waals surface area contributed by atoms with Crippen LogP contribution in [0.3, 0.4) is 0 Å². The minimum Gasteiger partial charge on any atom is -0.399 e. The molecular formula is C31H25N. The Bertz CT molecular complexity index is 1270. The molecule has 0 aliphatic heterocycles. The van der Waals surface area contributed by atoms with Crippen molar-refractivity contribution in [3.05, 3.63) is 127 Å². The summed E-state index contributed by atoms with van der Waals surface area (Å²) in [6.07, 6.45) is 0. The smallest absolute Gasteiger partial charge is 0.0320 e. The minimum atomic E-state index is 0.783. The van der Waals surface area contributed by atoms with Gasteiger partial charge < -0.3 is 5.73 Å². The molecule has 0 spiro atoms. The van der Waals surface area contributed by atoms with Crippen LogP contribution in [-0.2, 0) is 0 Å². The second kappa shape index (κ2) is 8.56. The number of hydrogen-bond donors (Lipinski definition) is 1. The molecule has 1 heteroatoms. The van der Waals surface area contributed by atoms with Crippen LogP contribution in [0.15, 0.2) is 121 Å². The first-order valence-corrected chi connectivity index (χ1v) is 10.9. The lowest BCUT2D eigenvalue weighted by atomic mass is 9.95. The highest BCUT2D eigenvalue weighted by atomic mass is 14.5. The van der Waals surface area contributed by atoms with E-state index < -0.39 is 0 Å². The topological polar surface area (TPSA) is 26.0 Å². The van der Waals surface area contributed by atoms with Gasteiger partial charge in [-0.25, -0.2) is 0 Å². The quantitative estimate of drug-likeness (QED) is 0.296. The molecule has 0 aliphatic carbocycles. The Labute approximate surface area is 189 Å². The van der Waals surface area contributed by atoms with Gasteiger partial charge in [0.25, 0.3) is 0 Å². The first kappa shape index (κ1) is 19.8. The number of anilines is 1. The molecule has 0 radical (unpaired) electrons. The van der Waals surface area contributed by atoms with Crippen molar-refractivity contribution in [1.29, 1.82) is 0 Å². The molecule has 0 amide bonds. The second-order valence-electron chi connectivity index (χ2n) is 8.23. The average Bonchev–Trinajstić information content (AvgIpc) is 2.84. The molecular weight excluding hydrogens is 386 g/mol. The summed E-state index contributed by atoms with van der Waals surface area (Å²) in [6, 6.07) is 42.9. The second-order valence-corrected chi connectivity index (χ2v) is 8.23. The number of nitrogens with two attached hydrogens (primary N) is 1. The normalized spacial score (nSPS) is 10.8. The summed E-state index contributed by atoms with van der Waals surface area (Å²) in [5, 5.41) is 0. The third-order valence-corrected chi connectivity index (χ3v) is 5.85. The van der Waals surface area contributed by atoms with Crippen molar-refractivity contribution in [2.45, 2.75) is 6.92 Å². The molecule has 0 fully saturated rings. The number of benzene rings is 5. The lowest BCUT2D eigenvalue weighted by Gasteiger charge is -2.09. The largest absolute Gasteiger partial charge is 0.399 e. The molecule has 0 unspecified atom stereocenters. The Balaban J connectivity index is 1.44. The maximum absolute atomic E-state index is 5.97. The van der Waals surface area contributed by atoms with Crippen LogP contribution < -0.4 is 5.73 Å². The van der Waals surface area contributed by atoms with E-state index in [9.17, 15) is 0 Å². The highest BCUT2D eigenvalue weighted by molar-refractivity contribution is 5.78. The Hall–Kier alpha value is -4.10. The zero-order valence-electron chi connectivity index (χ0n) is 18.1. The van der Waals surface area contributed by atoms with Crippen molar-refractivity contribution in [2.24, 2.45) is 0 Å². The van der Waals surface area contributed by atoms with E-state index in [0.29, 0.717) is 0 Å². The SMILES string of the molecule is Cc1cccc(-c2cccc(-c3ccc(-c4cccc(-c5cccc(N)c5)c4)cc3)c2)c1. The highest BCUT2D eigenvalue weighted by Gasteiger charge is 2.05. The van der Waals surface area contributed by atoms with Crippen LogP contribution in [0.2, 0.25) is 0 Å². The molecule has 0 aromatic heterocycles. The molecule has 5 rings (SSSR count). The standard InChI is InChI=1S/C31H25N/c1-22-6-2-7-25(18-22)28-10-3-8-26(19-28)23-14-16-24(17-15-23)27-9-4-11-29(20-27)30-12-5-13-31(32)21-30/h2-21H,32H2,1H3. The van der Waals surface area contributed by atoms with Crippen molar-refractivity contribution in [1.82, 2.24) is 0 Å². The number of hydrogen-bond acceptors (Lipinski definition) is 1. The van der Waals surface area contributed by atoms with Crippen LogP contribution in [0.1, 0.15) is 5.56 Å². The minimum absolute atomic E-state index is 0.783. The van der Waals surface area contributed by atoms with Crippen LogP contribution in [0, 0.1) is 6.92 Å². The van der Waals surface area contributed by atoms with Gasteiger partial charge in [0.05, 0.1) is 0 Å². The van der Waals surface area contributed by atoms with Gasteiger partial charge in [-0.2, -0.15) is 0 Å². The summed E-state index contributed by atoms with van der Waals surface area (Å²) in [6.45, 7) is 2.13. The summed E-state index contributed by atoms with van der Waals surface area (Å²) in [5.41, 5.74) is 17.7. The van der Waals surface area contributed by atoms with Gasteiger partial charge in [0, 0.05) is 5.69 Å². The van der Waals surface area contributed by atoms with Gasteiger partial charge in [-0.15, -0.1) is 0 Å². The number of rotatable bonds is 4. The van der Waals surface area contributed by atoms with E-state index in [1.807, 2.05) is 18.2 Å². The van der Waals surface area contributed by atoms with Gasteiger partial charge in [0.15, 0.2) is 0 Å². The van der Waals surface area contributed by atoms with Crippen molar-refractivity contribution >= 4 is 5.69 Å². The summed E-state index contributed by atoms with van der Waals surface area (Å²) in [7, 11) is 0. The molecule has 5 aromatic carbocycles. The first-order chi connectivity index (χ1) is 15.7. The van der Waals surface area contributed by atoms with E-state index in [1.165, 1.54) is 44.5 Å². The lowest BCUT2D eigenvalue weighted by molar-refractivity contribution is 1.47. The summed E-state index contributed by atoms with van der Waals surface area (Å²) >= 11 is 0. The Morgan fingerprint density at radius 3 is 1.22 bits per heavy atom. The molecule has 0 saturated carbocycles. The fraction of sp³-hybridized carbons (Fsp3) is 0.0323. The van der Waals surface area contributed by atoms with E-state index in [0.717, 1.165) is 11.3 Å². The molecule has 0 bridgehead atoms. The maximum Gasteiger partial charge on any atom is 0.0320 e. The van der Waals surface area contributed by atoms with E-state index >= 15 is 0 Å². The summed E-state index contributed by atoms with van der Waals surface area (Å²) < 4.78 is 0. The Kier molecular flexibility index (Phi) is 5.31. The van der Waals surface area contributed by atoms with E-state index in [4.69, 9.17) is 5.73 Å². The zero-order valence-corrected chi connectivity index (χ0v) is 18.1. The fourth-order valence-corrected chi connectivity index (χ4v) is 4.15.